The van der Waals surface area contributed by atoms with Gasteiger partial charge >= 0.3 is 0 Å². The monoisotopic (exact) mass is 467 g/mol. The topological polar surface area (TPSA) is 82.5 Å². The van der Waals surface area contributed by atoms with E-state index in [1.54, 1.807) is 32.4 Å². The number of nitrogens with zero attached hydrogens (tertiary/aromatic N) is 2. The van der Waals surface area contributed by atoms with Crippen molar-refractivity contribution in [3.8, 4) is 22.6 Å². The second kappa shape index (κ2) is 9.46. The molecule has 0 fully saturated rings. The van der Waals surface area contributed by atoms with Crippen LogP contribution in [-0.4, -0.2) is 35.4 Å². The van der Waals surface area contributed by atoms with E-state index in [4.69, 9.17) is 14.5 Å². The number of carbonyl (C=O) groups excluding carboxylic acids is 1. The molecule has 32 heavy (non-hydrogen) atoms. The Morgan fingerprint density at radius 2 is 1.88 bits per heavy atom. The number of fused-ring (bicyclic) bond motifs is 1. The summed E-state index contributed by atoms with van der Waals surface area (Å²) in [5.74, 6) is 0.992. The lowest BCUT2D eigenvalue weighted by Crippen LogP contribution is -2.20. The summed E-state index contributed by atoms with van der Waals surface area (Å²) in [4.78, 5) is 30.1. The third-order valence-electron chi connectivity index (χ3n) is 4.84. The quantitative estimate of drug-likeness (QED) is 0.320. The number of anilines is 1. The maximum absolute atomic E-state index is 12.9. The summed E-state index contributed by atoms with van der Waals surface area (Å²) < 4.78 is 12.6. The fourth-order valence-corrected chi connectivity index (χ4v) is 4.97. The Kier molecular flexibility index (Phi) is 6.48. The predicted octanol–water partition coefficient (Wildman–Crippen LogP) is 4.41. The normalized spacial score (nSPS) is 10.8. The maximum Gasteiger partial charge on any atom is 0.271 e. The van der Waals surface area contributed by atoms with Crippen LogP contribution in [0.3, 0.4) is 0 Å². The van der Waals surface area contributed by atoms with E-state index in [1.807, 2.05) is 35.7 Å². The Morgan fingerprint density at radius 1 is 1.12 bits per heavy atom. The molecule has 7 nitrogen and oxygen atoms in total. The van der Waals surface area contributed by atoms with E-state index in [1.165, 1.54) is 34.8 Å². The molecule has 4 aromatic rings. The summed E-state index contributed by atoms with van der Waals surface area (Å²) in [5.41, 5.74) is 3.05. The zero-order valence-electron chi connectivity index (χ0n) is 17.7. The number of benzene rings is 2. The average molecular weight is 468 g/mol. The fraction of sp³-hybridized carbons (Fsp3) is 0.174. The van der Waals surface area contributed by atoms with Gasteiger partial charge in [0.05, 0.1) is 25.5 Å². The molecule has 0 radical (unpaired) electrons. The number of carbonyl (C=O) groups is 1. The minimum absolute atomic E-state index is 0.102. The SMILES string of the molecule is COc1ccc(NC(=O)CSc2nc3c(-c4ccccc4)csc3c(=O)n2C)cc1OC. The van der Waals surface area contributed by atoms with Gasteiger partial charge in [0.25, 0.3) is 5.56 Å². The van der Waals surface area contributed by atoms with Crippen LogP contribution in [-0.2, 0) is 11.8 Å². The Bertz CT molecular complexity index is 1330. The molecule has 0 bridgehead atoms. The first-order chi connectivity index (χ1) is 15.5. The highest BCUT2D eigenvalue weighted by Gasteiger charge is 2.16. The molecule has 0 aliphatic carbocycles. The van der Waals surface area contributed by atoms with Crippen molar-refractivity contribution in [3.63, 3.8) is 0 Å². The lowest BCUT2D eigenvalue weighted by molar-refractivity contribution is -0.113. The summed E-state index contributed by atoms with van der Waals surface area (Å²) in [6, 6.07) is 15.0. The Hall–Kier alpha value is -3.30. The lowest BCUT2D eigenvalue weighted by Gasteiger charge is -2.11. The minimum atomic E-state index is -0.217. The lowest BCUT2D eigenvalue weighted by atomic mass is 10.1. The first kappa shape index (κ1) is 21.9. The van der Waals surface area contributed by atoms with Crippen molar-refractivity contribution >= 4 is 44.9 Å². The Morgan fingerprint density at radius 3 is 2.59 bits per heavy atom. The van der Waals surface area contributed by atoms with E-state index in [2.05, 4.69) is 5.32 Å². The predicted molar refractivity (Wildman–Crippen MR) is 129 cm³/mol. The van der Waals surface area contributed by atoms with Crippen LogP contribution < -0.4 is 20.3 Å². The van der Waals surface area contributed by atoms with Gasteiger partial charge in [0, 0.05) is 29.7 Å². The number of rotatable bonds is 7. The van der Waals surface area contributed by atoms with E-state index in [9.17, 15) is 9.59 Å². The molecular formula is C23H21N3O4S2. The molecule has 0 atom stereocenters. The highest BCUT2D eigenvalue weighted by molar-refractivity contribution is 7.99. The van der Waals surface area contributed by atoms with Gasteiger partial charge in [-0.25, -0.2) is 4.98 Å². The van der Waals surface area contributed by atoms with E-state index in [0.717, 1.165) is 11.1 Å². The van der Waals surface area contributed by atoms with Crippen molar-refractivity contribution in [1.82, 2.24) is 9.55 Å². The van der Waals surface area contributed by atoms with Crippen molar-refractivity contribution in [2.45, 2.75) is 5.16 Å². The highest BCUT2D eigenvalue weighted by atomic mass is 32.2. The van der Waals surface area contributed by atoms with Crippen LogP contribution in [0.4, 0.5) is 5.69 Å². The molecule has 164 valence electrons. The van der Waals surface area contributed by atoms with Crippen LogP contribution >= 0.6 is 23.1 Å². The molecular weight excluding hydrogens is 446 g/mol. The number of nitrogens with one attached hydrogen (secondary N) is 1. The Labute approximate surface area is 193 Å². The maximum atomic E-state index is 12.9. The van der Waals surface area contributed by atoms with Gasteiger partial charge in [0.1, 0.15) is 4.70 Å². The second-order valence-electron chi connectivity index (χ2n) is 6.86. The zero-order chi connectivity index (χ0) is 22.7. The number of aromatic nitrogens is 2. The number of thiophene rings is 1. The second-order valence-corrected chi connectivity index (χ2v) is 8.68. The van der Waals surface area contributed by atoms with Gasteiger partial charge in [-0.2, -0.15) is 0 Å². The fourth-order valence-electron chi connectivity index (χ4n) is 3.22. The molecule has 0 unspecified atom stereocenters. The number of hydrogen-bond donors (Lipinski definition) is 1. The third-order valence-corrected chi connectivity index (χ3v) is 6.83. The molecule has 0 spiro atoms. The van der Waals surface area contributed by atoms with Crippen LogP contribution in [0.1, 0.15) is 0 Å². The van der Waals surface area contributed by atoms with Crippen molar-refractivity contribution in [2.24, 2.45) is 7.05 Å². The zero-order valence-corrected chi connectivity index (χ0v) is 19.4. The molecule has 0 saturated carbocycles. The smallest absolute Gasteiger partial charge is 0.271 e. The molecule has 1 N–H and O–H groups in total. The van der Waals surface area contributed by atoms with Crippen molar-refractivity contribution < 1.29 is 14.3 Å². The van der Waals surface area contributed by atoms with Gasteiger partial charge in [-0.1, -0.05) is 42.1 Å². The molecule has 2 aromatic carbocycles. The summed E-state index contributed by atoms with van der Waals surface area (Å²) in [7, 11) is 4.76. The molecule has 4 rings (SSSR count). The number of hydrogen-bond acceptors (Lipinski definition) is 7. The van der Waals surface area contributed by atoms with Crippen LogP contribution in [0.5, 0.6) is 11.5 Å². The number of amides is 1. The molecule has 9 heteroatoms. The van der Waals surface area contributed by atoms with Crippen LogP contribution in [0, 0.1) is 0 Å². The standard InChI is InChI=1S/C23H21N3O4S2/c1-26-22(28)21-20(16(12-31-21)14-7-5-4-6-8-14)25-23(26)32-13-19(27)24-15-9-10-17(29-2)18(11-15)30-3/h4-12H,13H2,1-3H3,(H,24,27). The summed E-state index contributed by atoms with van der Waals surface area (Å²) >= 11 is 2.60. The third kappa shape index (κ3) is 4.35. The molecule has 2 aromatic heterocycles. The van der Waals surface area contributed by atoms with Crippen LogP contribution in [0.2, 0.25) is 0 Å². The van der Waals surface area contributed by atoms with Crippen molar-refractivity contribution in [2.75, 3.05) is 25.3 Å². The Balaban J connectivity index is 1.55. The van der Waals surface area contributed by atoms with Gasteiger partial charge in [-0.3, -0.25) is 14.2 Å². The van der Waals surface area contributed by atoms with E-state index < -0.39 is 0 Å². The van der Waals surface area contributed by atoms with Crippen molar-refractivity contribution in [3.05, 3.63) is 64.3 Å². The molecule has 1 amide bonds. The van der Waals surface area contributed by atoms with Gasteiger partial charge in [-0.05, 0) is 17.7 Å². The van der Waals surface area contributed by atoms with E-state index >= 15 is 0 Å². The van der Waals surface area contributed by atoms with Gasteiger partial charge in [-0.15, -0.1) is 11.3 Å². The minimum Gasteiger partial charge on any atom is -0.493 e. The van der Waals surface area contributed by atoms with E-state index in [-0.39, 0.29) is 17.2 Å². The summed E-state index contributed by atoms with van der Waals surface area (Å²) in [6.07, 6.45) is 0. The first-order valence-corrected chi connectivity index (χ1v) is 11.6. The largest absolute Gasteiger partial charge is 0.493 e. The molecule has 0 aliphatic rings. The summed E-state index contributed by atoms with van der Waals surface area (Å²) in [6.45, 7) is 0. The van der Waals surface area contributed by atoms with Crippen LogP contribution in [0.25, 0.3) is 21.3 Å². The van der Waals surface area contributed by atoms with E-state index in [0.29, 0.717) is 32.6 Å². The van der Waals surface area contributed by atoms with Crippen molar-refractivity contribution in [1.29, 1.82) is 0 Å². The molecule has 2 heterocycles. The molecule has 0 aliphatic heterocycles. The number of methoxy groups -OCH3 is 2. The summed E-state index contributed by atoms with van der Waals surface area (Å²) in [5, 5.41) is 5.27. The highest BCUT2D eigenvalue weighted by Crippen LogP contribution is 2.32. The first-order valence-electron chi connectivity index (χ1n) is 9.70. The van der Waals surface area contributed by atoms with Crippen LogP contribution in [0.15, 0.2) is 63.9 Å². The van der Waals surface area contributed by atoms with Gasteiger partial charge in [0.2, 0.25) is 5.91 Å². The van der Waals surface area contributed by atoms with Gasteiger partial charge < -0.3 is 14.8 Å². The number of ether oxygens (including phenoxy) is 2. The van der Waals surface area contributed by atoms with Gasteiger partial charge in [0.15, 0.2) is 16.7 Å². The number of thioether (sulfide) groups is 1. The molecule has 0 saturated heterocycles. The average Bonchev–Trinajstić information content (AvgIpc) is 3.25.